The molecule has 0 bridgehead atoms. The summed E-state index contributed by atoms with van der Waals surface area (Å²) in [5.41, 5.74) is 5.03. The fourth-order valence-electron chi connectivity index (χ4n) is 4.40. The number of anilines is 2. The van der Waals surface area contributed by atoms with E-state index in [9.17, 15) is 19.2 Å². The fraction of sp³-hybridized carbons (Fsp3) is 0.125. The Labute approximate surface area is 232 Å². The monoisotopic (exact) mass is 538 g/mol. The number of carbonyl (C=O) groups is 4. The van der Waals surface area contributed by atoms with Crippen molar-refractivity contribution in [2.75, 3.05) is 10.2 Å². The number of hydrogen-bond donors (Lipinski definition) is 1. The van der Waals surface area contributed by atoms with Gasteiger partial charge in [0, 0.05) is 27.9 Å². The van der Waals surface area contributed by atoms with Crippen molar-refractivity contribution in [3.8, 4) is 0 Å². The Morgan fingerprint density at radius 1 is 0.590 bits per heavy atom. The van der Waals surface area contributed by atoms with Crippen molar-refractivity contribution >= 4 is 45.9 Å². The zero-order valence-electron chi connectivity index (χ0n) is 22.0. The second-order valence-electron chi connectivity index (χ2n) is 9.33. The van der Waals surface area contributed by atoms with Crippen LogP contribution in [0.25, 0.3) is 0 Å². The Hall–Kier alpha value is -4.55. The van der Waals surface area contributed by atoms with Gasteiger partial charge < -0.3 is 5.32 Å². The van der Waals surface area contributed by atoms with Gasteiger partial charge in [-0.05, 0) is 110 Å². The molecule has 0 aliphatic rings. The number of nitrogens with zero attached hydrogens (tertiary/aromatic N) is 1. The largest absolute Gasteiger partial charge is 0.322 e. The molecular formula is C32H27ClN2O4. The fourth-order valence-corrected chi connectivity index (χ4v) is 4.61. The summed E-state index contributed by atoms with van der Waals surface area (Å²) in [6, 6.07) is 23.8. The summed E-state index contributed by atoms with van der Waals surface area (Å²) in [7, 11) is 0. The van der Waals surface area contributed by atoms with Crippen molar-refractivity contribution < 1.29 is 19.2 Å². The first kappa shape index (κ1) is 27.5. The smallest absolute Gasteiger partial charge is 0.265 e. The highest BCUT2D eigenvalue weighted by Gasteiger charge is 2.28. The van der Waals surface area contributed by atoms with E-state index in [0.717, 1.165) is 16.0 Å². The molecule has 39 heavy (non-hydrogen) atoms. The van der Waals surface area contributed by atoms with E-state index in [1.165, 1.54) is 12.1 Å². The molecule has 1 N–H and O–H groups in total. The number of hydrogen-bond acceptors (Lipinski definition) is 4. The molecule has 0 unspecified atom stereocenters. The van der Waals surface area contributed by atoms with Gasteiger partial charge in [0.25, 0.3) is 23.0 Å². The van der Waals surface area contributed by atoms with Gasteiger partial charge in [-0.15, -0.1) is 0 Å². The average Bonchev–Trinajstić information content (AvgIpc) is 2.89. The van der Waals surface area contributed by atoms with Gasteiger partial charge in [0.1, 0.15) is 0 Å². The van der Waals surface area contributed by atoms with Gasteiger partial charge in [-0.2, -0.15) is 0 Å². The maximum atomic E-state index is 13.9. The first-order valence-electron chi connectivity index (χ1n) is 12.3. The Balaban J connectivity index is 1.72. The molecule has 0 saturated carbocycles. The van der Waals surface area contributed by atoms with Crippen LogP contribution in [0.3, 0.4) is 0 Å². The first-order valence-corrected chi connectivity index (χ1v) is 12.7. The number of amides is 3. The second-order valence-corrected chi connectivity index (χ2v) is 9.68. The summed E-state index contributed by atoms with van der Waals surface area (Å²) >= 11 is 5.68. The molecule has 4 aromatic rings. The number of rotatable bonds is 6. The summed E-state index contributed by atoms with van der Waals surface area (Å²) in [6.07, 6.45) is 0. The lowest BCUT2D eigenvalue weighted by molar-refractivity contribution is 0.0896. The lowest BCUT2D eigenvalue weighted by Crippen LogP contribution is -2.38. The van der Waals surface area contributed by atoms with Crippen LogP contribution in [-0.4, -0.2) is 23.0 Å². The minimum atomic E-state index is -0.624. The number of halogens is 1. The average molecular weight is 539 g/mol. The zero-order chi connectivity index (χ0) is 28.3. The minimum Gasteiger partial charge on any atom is -0.322 e. The van der Waals surface area contributed by atoms with Gasteiger partial charge in [0.05, 0.1) is 5.69 Å². The van der Waals surface area contributed by atoms with E-state index < -0.39 is 17.1 Å². The third kappa shape index (κ3) is 5.81. The molecule has 3 amide bonds. The Bertz CT molecular complexity index is 1630. The minimum absolute atomic E-state index is 0.257. The zero-order valence-corrected chi connectivity index (χ0v) is 22.8. The van der Waals surface area contributed by atoms with Crippen LogP contribution in [0.15, 0.2) is 84.9 Å². The summed E-state index contributed by atoms with van der Waals surface area (Å²) in [4.78, 5) is 53.4. The van der Waals surface area contributed by atoms with Crippen molar-refractivity contribution in [1.29, 1.82) is 0 Å². The molecule has 0 aliphatic carbocycles. The maximum Gasteiger partial charge on any atom is 0.265 e. The standard InChI is InChI=1S/C32H27ClN2O4/c1-19-9-5-7-11-26(19)30(37)34-23-13-15-28(21(3)17-23)32(39)35(31(38)27-12-8-6-10-20(27)2)24-14-16-25(29(33)36)22(4)18-24/h5-18H,1-4H3,(H,34,37). The van der Waals surface area contributed by atoms with Crippen molar-refractivity contribution in [3.63, 3.8) is 0 Å². The van der Waals surface area contributed by atoms with Crippen LogP contribution < -0.4 is 10.2 Å². The molecule has 0 saturated heterocycles. The Morgan fingerprint density at radius 3 is 1.64 bits per heavy atom. The van der Waals surface area contributed by atoms with Crippen LogP contribution >= 0.6 is 11.6 Å². The molecule has 196 valence electrons. The predicted octanol–water partition coefficient (Wildman–Crippen LogP) is 7.04. The van der Waals surface area contributed by atoms with Crippen LogP contribution in [0.5, 0.6) is 0 Å². The molecule has 0 aromatic heterocycles. The number of benzene rings is 4. The van der Waals surface area contributed by atoms with Crippen molar-refractivity contribution in [2.24, 2.45) is 0 Å². The van der Waals surface area contributed by atoms with Crippen molar-refractivity contribution in [2.45, 2.75) is 27.7 Å². The molecule has 4 aromatic carbocycles. The van der Waals surface area contributed by atoms with Gasteiger partial charge >= 0.3 is 0 Å². The van der Waals surface area contributed by atoms with E-state index in [1.54, 1.807) is 75.4 Å². The normalized spacial score (nSPS) is 10.6. The topological polar surface area (TPSA) is 83.6 Å². The van der Waals surface area contributed by atoms with E-state index in [1.807, 2.05) is 25.1 Å². The van der Waals surface area contributed by atoms with Crippen molar-refractivity contribution in [3.05, 3.63) is 129 Å². The predicted molar refractivity (Wildman–Crippen MR) is 154 cm³/mol. The number of imide groups is 1. The van der Waals surface area contributed by atoms with Crippen LogP contribution in [0.1, 0.15) is 63.7 Å². The van der Waals surface area contributed by atoms with Gasteiger partial charge in [-0.1, -0.05) is 36.4 Å². The molecule has 0 atom stereocenters. The van der Waals surface area contributed by atoms with Gasteiger partial charge in [-0.25, -0.2) is 4.90 Å². The quantitative estimate of drug-likeness (QED) is 0.211. The summed E-state index contributed by atoms with van der Waals surface area (Å²) in [5, 5.41) is 2.25. The number of aryl methyl sites for hydroxylation is 4. The molecule has 0 fully saturated rings. The van der Waals surface area contributed by atoms with Crippen LogP contribution in [-0.2, 0) is 0 Å². The SMILES string of the molecule is Cc1cc(N(C(=O)c2ccccc2C)C(=O)c2ccc(NC(=O)c3ccccc3C)cc2C)ccc1C(=O)Cl. The summed E-state index contributed by atoms with van der Waals surface area (Å²) in [5.74, 6) is -1.30. The Morgan fingerprint density at radius 2 is 1.10 bits per heavy atom. The number of carbonyl (C=O) groups excluding carboxylic acids is 4. The van der Waals surface area contributed by atoms with Crippen LogP contribution in [0.4, 0.5) is 11.4 Å². The molecule has 7 heteroatoms. The molecule has 4 rings (SSSR count). The number of nitrogens with one attached hydrogen (secondary N) is 1. The van der Waals surface area contributed by atoms with E-state index in [2.05, 4.69) is 5.32 Å². The highest BCUT2D eigenvalue weighted by Crippen LogP contribution is 2.27. The highest BCUT2D eigenvalue weighted by atomic mass is 35.5. The molecule has 0 heterocycles. The van der Waals surface area contributed by atoms with E-state index in [-0.39, 0.29) is 5.91 Å². The molecular weight excluding hydrogens is 512 g/mol. The van der Waals surface area contributed by atoms with E-state index >= 15 is 0 Å². The lowest BCUT2D eigenvalue weighted by atomic mass is 10.0. The summed E-state index contributed by atoms with van der Waals surface area (Å²) < 4.78 is 0. The highest BCUT2D eigenvalue weighted by molar-refractivity contribution is 6.67. The molecule has 6 nitrogen and oxygen atoms in total. The van der Waals surface area contributed by atoms with Crippen LogP contribution in [0.2, 0.25) is 0 Å². The lowest BCUT2D eigenvalue weighted by Gasteiger charge is -2.24. The molecule has 0 spiro atoms. The summed E-state index contributed by atoms with van der Waals surface area (Å²) in [6.45, 7) is 7.09. The third-order valence-electron chi connectivity index (χ3n) is 6.57. The molecule has 0 radical (unpaired) electrons. The van der Waals surface area contributed by atoms with E-state index in [0.29, 0.717) is 44.8 Å². The van der Waals surface area contributed by atoms with Crippen molar-refractivity contribution in [1.82, 2.24) is 0 Å². The maximum absolute atomic E-state index is 13.9. The molecule has 0 aliphatic heterocycles. The second kappa shape index (κ2) is 11.5. The van der Waals surface area contributed by atoms with Gasteiger partial charge in [0.15, 0.2) is 0 Å². The first-order chi connectivity index (χ1) is 18.6. The third-order valence-corrected chi connectivity index (χ3v) is 6.77. The van der Waals surface area contributed by atoms with Gasteiger partial charge in [-0.3, -0.25) is 19.2 Å². The van der Waals surface area contributed by atoms with Gasteiger partial charge in [0.2, 0.25) is 0 Å². The van der Waals surface area contributed by atoms with Crippen LogP contribution in [0, 0.1) is 27.7 Å². The van der Waals surface area contributed by atoms with E-state index in [4.69, 9.17) is 11.6 Å². The Kier molecular flexibility index (Phi) is 8.07.